The number of ether oxygens (including phenoxy) is 2. The maximum atomic E-state index is 12.6. The first-order chi connectivity index (χ1) is 14.0. The van der Waals surface area contributed by atoms with Crippen molar-refractivity contribution in [1.29, 1.82) is 0 Å². The van der Waals surface area contributed by atoms with Gasteiger partial charge < -0.3 is 14.8 Å². The smallest absolute Gasteiger partial charge is 0.275 e. The number of carbonyl (C=O) groups excluding carboxylic acids is 1. The van der Waals surface area contributed by atoms with Crippen LogP contribution in [0.3, 0.4) is 0 Å². The van der Waals surface area contributed by atoms with E-state index in [-0.39, 0.29) is 23.9 Å². The molecule has 0 spiro atoms. The highest BCUT2D eigenvalue weighted by atomic mass is 16.5. The van der Waals surface area contributed by atoms with Gasteiger partial charge in [-0.15, -0.1) is 0 Å². The van der Waals surface area contributed by atoms with Gasteiger partial charge in [-0.05, 0) is 31.0 Å². The normalized spacial score (nSPS) is 15.4. The molecule has 0 fully saturated rings. The van der Waals surface area contributed by atoms with Crippen molar-refractivity contribution in [3.63, 3.8) is 0 Å². The topological polar surface area (TPSA) is 82.4 Å². The van der Waals surface area contributed by atoms with E-state index in [2.05, 4.69) is 10.4 Å². The zero-order valence-corrected chi connectivity index (χ0v) is 16.5. The molecule has 0 saturated heterocycles. The molecule has 1 aliphatic rings. The van der Waals surface area contributed by atoms with E-state index in [9.17, 15) is 9.59 Å². The minimum absolute atomic E-state index is 0.105. The Morgan fingerprint density at radius 3 is 2.86 bits per heavy atom. The molecule has 4 rings (SSSR count). The number of rotatable bonds is 5. The van der Waals surface area contributed by atoms with Gasteiger partial charge in [0.05, 0.1) is 24.8 Å². The predicted octanol–water partition coefficient (Wildman–Crippen LogP) is 2.08. The Morgan fingerprint density at radius 2 is 2.07 bits per heavy atom. The Morgan fingerprint density at radius 1 is 1.28 bits per heavy atom. The number of amides is 1. The summed E-state index contributed by atoms with van der Waals surface area (Å²) in [6.07, 6.45) is 0.812. The van der Waals surface area contributed by atoms with Gasteiger partial charge in [-0.1, -0.05) is 24.3 Å². The first-order valence-electron chi connectivity index (χ1n) is 9.58. The van der Waals surface area contributed by atoms with E-state index in [1.165, 1.54) is 4.68 Å². The standard InChI is InChI=1S/C22H23N3O4/c1-14-18-5-3-4-6-19(18)22(27)25(24-14)12-21(26)23-11-15-9-16-7-8-17(28-2)10-20(16)29-13-15/h3-8,10,15H,9,11-13H2,1-2H3,(H,23,26)/t15-/m1/s1. The lowest BCUT2D eigenvalue weighted by atomic mass is 9.96. The maximum Gasteiger partial charge on any atom is 0.275 e. The number of fused-ring (bicyclic) bond motifs is 2. The quantitative estimate of drug-likeness (QED) is 0.718. The van der Waals surface area contributed by atoms with Crippen molar-refractivity contribution in [2.45, 2.75) is 19.9 Å². The number of aryl methyl sites for hydroxylation is 1. The lowest BCUT2D eigenvalue weighted by molar-refractivity contribution is -0.122. The fourth-order valence-corrected chi connectivity index (χ4v) is 3.64. The fraction of sp³-hybridized carbons (Fsp3) is 0.318. The van der Waals surface area contributed by atoms with Gasteiger partial charge in [0, 0.05) is 23.9 Å². The minimum atomic E-state index is -0.259. The Hall–Kier alpha value is -3.35. The summed E-state index contributed by atoms with van der Waals surface area (Å²) >= 11 is 0. The summed E-state index contributed by atoms with van der Waals surface area (Å²) in [6, 6.07) is 13.1. The summed E-state index contributed by atoms with van der Waals surface area (Å²) in [5.41, 5.74) is 1.56. The third-order valence-corrected chi connectivity index (χ3v) is 5.19. The molecule has 150 valence electrons. The molecule has 3 aromatic rings. The molecule has 7 nitrogen and oxygen atoms in total. The van der Waals surface area contributed by atoms with Crippen molar-refractivity contribution in [1.82, 2.24) is 15.1 Å². The van der Waals surface area contributed by atoms with Crippen LogP contribution in [-0.4, -0.2) is 35.9 Å². The number of hydrogen-bond donors (Lipinski definition) is 1. The van der Waals surface area contributed by atoms with Gasteiger partial charge in [-0.2, -0.15) is 5.10 Å². The molecule has 1 amide bonds. The Kier molecular flexibility index (Phi) is 5.20. The molecule has 2 heterocycles. The van der Waals surface area contributed by atoms with Crippen LogP contribution in [0, 0.1) is 12.8 Å². The van der Waals surface area contributed by atoms with Gasteiger partial charge >= 0.3 is 0 Å². The molecule has 0 bridgehead atoms. The first-order valence-corrected chi connectivity index (χ1v) is 9.58. The molecule has 7 heteroatoms. The van der Waals surface area contributed by atoms with Crippen molar-refractivity contribution < 1.29 is 14.3 Å². The van der Waals surface area contributed by atoms with E-state index in [1.54, 1.807) is 13.2 Å². The lowest BCUT2D eigenvalue weighted by Crippen LogP contribution is -2.38. The molecule has 1 N–H and O–H groups in total. The summed E-state index contributed by atoms with van der Waals surface area (Å²) in [5.74, 6) is 1.52. The highest BCUT2D eigenvalue weighted by Crippen LogP contribution is 2.30. The number of aromatic nitrogens is 2. The van der Waals surface area contributed by atoms with Crippen LogP contribution >= 0.6 is 0 Å². The number of benzene rings is 2. The second kappa shape index (κ2) is 7.95. The van der Waals surface area contributed by atoms with Crippen molar-refractivity contribution in [3.05, 3.63) is 64.1 Å². The first kappa shape index (κ1) is 19.0. The molecular formula is C22H23N3O4. The van der Waals surface area contributed by atoms with Crippen molar-refractivity contribution in [3.8, 4) is 11.5 Å². The number of nitrogens with one attached hydrogen (secondary N) is 1. The Balaban J connectivity index is 1.39. The van der Waals surface area contributed by atoms with Crippen LogP contribution in [0.5, 0.6) is 11.5 Å². The Bertz CT molecular complexity index is 1120. The van der Waals surface area contributed by atoms with Gasteiger partial charge in [0.15, 0.2) is 0 Å². The van der Waals surface area contributed by atoms with E-state index in [4.69, 9.17) is 9.47 Å². The number of methoxy groups -OCH3 is 1. The van der Waals surface area contributed by atoms with Gasteiger partial charge in [0.2, 0.25) is 5.91 Å². The molecule has 1 atom stereocenters. The third-order valence-electron chi connectivity index (χ3n) is 5.19. The van der Waals surface area contributed by atoms with Gasteiger partial charge in [-0.3, -0.25) is 9.59 Å². The van der Waals surface area contributed by atoms with Crippen molar-refractivity contribution in [2.75, 3.05) is 20.3 Å². The van der Waals surface area contributed by atoms with Crippen LogP contribution in [0.2, 0.25) is 0 Å². The number of nitrogens with zero attached hydrogens (tertiary/aromatic N) is 2. The van der Waals surface area contributed by atoms with Crippen LogP contribution in [0.25, 0.3) is 10.8 Å². The van der Waals surface area contributed by atoms with Crippen LogP contribution in [-0.2, 0) is 17.8 Å². The van der Waals surface area contributed by atoms with Crippen LogP contribution in [0.4, 0.5) is 0 Å². The molecule has 0 radical (unpaired) electrons. The highest BCUT2D eigenvalue weighted by molar-refractivity contribution is 5.83. The summed E-state index contributed by atoms with van der Waals surface area (Å²) in [6.45, 7) is 2.73. The summed E-state index contributed by atoms with van der Waals surface area (Å²) < 4.78 is 12.3. The number of carbonyl (C=O) groups is 1. The SMILES string of the molecule is COc1ccc2c(c1)OC[C@@H](CNC(=O)Cn1nc(C)c3ccccc3c1=O)C2. The van der Waals surface area contributed by atoms with E-state index >= 15 is 0 Å². The average Bonchev–Trinajstić information content (AvgIpc) is 2.75. The van der Waals surface area contributed by atoms with E-state index in [1.807, 2.05) is 43.3 Å². The summed E-state index contributed by atoms with van der Waals surface area (Å²) in [4.78, 5) is 25.0. The molecule has 0 saturated carbocycles. The van der Waals surface area contributed by atoms with Crippen molar-refractivity contribution >= 4 is 16.7 Å². The minimum Gasteiger partial charge on any atom is -0.497 e. The summed E-state index contributed by atoms with van der Waals surface area (Å²) in [5, 5.41) is 8.57. The van der Waals surface area contributed by atoms with Crippen LogP contribution in [0.1, 0.15) is 11.3 Å². The average molecular weight is 393 g/mol. The maximum absolute atomic E-state index is 12.6. The molecule has 1 aliphatic heterocycles. The molecule has 2 aromatic carbocycles. The van der Waals surface area contributed by atoms with Gasteiger partial charge in [0.25, 0.3) is 5.56 Å². The monoisotopic (exact) mass is 393 g/mol. The Labute approximate surface area is 168 Å². The van der Waals surface area contributed by atoms with Crippen LogP contribution in [0.15, 0.2) is 47.3 Å². The van der Waals surface area contributed by atoms with Gasteiger partial charge in [0.1, 0.15) is 18.0 Å². The predicted molar refractivity (Wildman–Crippen MR) is 109 cm³/mol. The molecule has 0 unspecified atom stereocenters. The molecule has 29 heavy (non-hydrogen) atoms. The second-order valence-electron chi connectivity index (χ2n) is 7.25. The molecule has 1 aromatic heterocycles. The molecular weight excluding hydrogens is 370 g/mol. The zero-order chi connectivity index (χ0) is 20.4. The number of hydrogen-bond acceptors (Lipinski definition) is 5. The van der Waals surface area contributed by atoms with E-state index < -0.39 is 0 Å². The van der Waals surface area contributed by atoms with Gasteiger partial charge in [-0.25, -0.2) is 4.68 Å². The fourth-order valence-electron chi connectivity index (χ4n) is 3.64. The van der Waals surface area contributed by atoms with Crippen molar-refractivity contribution in [2.24, 2.45) is 5.92 Å². The lowest BCUT2D eigenvalue weighted by Gasteiger charge is -2.25. The summed E-state index contributed by atoms with van der Waals surface area (Å²) in [7, 11) is 1.63. The third kappa shape index (κ3) is 3.94. The highest BCUT2D eigenvalue weighted by Gasteiger charge is 2.21. The second-order valence-corrected chi connectivity index (χ2v) is 7.25. The van der Waals surface area contributed by atoms with E-state index in [0.717, 1.165) is 34.6 Å². The zero-order valence-electron chi connectivity index (χ0n) is 16.5. The largest absolute Gasteiger partial charge is 0.497 e. The van der Waals surface area contributed by atoms with E-state index in [0.29, 0.717) is 18.5 Å². The van der Waals surface area contributed by atoms with Crippen LogP contribution < -0.4 is 20.3 Å². The molecule has 0 aliphatic carbocycles.